The molecule has 0 aliphatic carbocycles. The first-order valence-corrected chi connectivity index (χ1v) is 8.67. The third-order valence-electron chi connectivity index (χ3n) is 2.97. The van der Waals surface area contributed by atoms with E-state index in [1.807, 2.05) is 26.8 Å². The summed E-state index contributed by atoms with van der Waals surface area (Å²) in [6.07, 6.45) is 2.90. The second-order valence-corrected chi connectivity index (χ2v) is 7.52. The topological polar surface area (TPSA) is 54.3 Å². The van der Waals surface area contributed by atoms with Crippen molar-refractivity contribution in [2.45, 2.75) is 26.3 Å². The Bertz CT molecular complexity index is 823. The largest absolute Gasteiger partial charge is 0.457 e. The number of furan rings is 1. The lowest BCUT2D eigenvalue weighted by Gasteiger charge is -2.22. The highest BCUT2D eigenvalue weighted by Crippen LogP contribution is 2.34. The Morgan fingerprint density at radius 3 is 2.60 bits per heavy atom. The van der Waals surface area contributed by atoms with Crippen LogP contribution < -0.4 is 10.6 Å². The van der Waals surface area contributed by atoms with Crippen molar-refractivity contribution in [3.63, 3.8) is 0 Å². The number of carbonyl (C=O) groups is 1. The van der Waals surface area contributed by atoms with Crippen LogP contribution in [0.5, 0.6) is 0 Å². The molecule has 2 rings (SSSR count). The molecule has 2 aromatic rings. The maximum Gasteiger partial charge on any atom is 0.250 e. The van der Waals surface area contributed by atoms with E-state index in [-0.39, 0.29) is 16.6 Å². The van der Waals surface area contributed by atoms with Gasteiger partial charge in [0.15, 0.2) is 5.11 Å². The van der Waals surface area contributed by atoms with Gasteiger partial charge in [-0.1, -0.05) is 29.3 Å². The molecular formula is C18H18Cl2N2O2S. The van der Waals surface area contributed by atoms with Crippen molar-refractivity contribution in [3.8, 4) is 11.3 Å². The van der Waals surface area contributed by atoms with Gasteiger partial charge in [-0.2, -0.15) is 0 Å². The normalized spacial score (nSPS) is 11.6. The maximum atomic E-state index is 11.9. The monoisotopic (exact) mass is 396 g/mol. The number of thiocarbonyl (C=S) groups is 1. The molecule has 25 heavy (non-hydrogen) atoms. The number of rotatable bonds is 3. The zero-order valence-corrected chi connectivity index (χ0v) is 16.4. The summed E-state index contributed by atoms with van der Waals surface area (Å²) < 4.78 is 5.68. The summed E-state index contributed by atoms with van der Waals surface area (Å²) in [4.78, 5) is 11.9. The number of carbonyl (C=O) groups excluding carboxylic acids is 1. The van der Waals surface area contributed by atoms with E-state index in [0.29, 0.717) is 27.1 Å². The summed E-state index contributed by atoms with van der Waals surface area (Å²) in [5.41, 5.74) is 0.467. The lowest BCUT2D eigenvalue weighted by Crippen LogP contribution is -2.47. The molecule has 0 aliphatic heterocycles. The summed E-state index contributed by atoms with van der Waals surface area (Å²) in [7, 11) is 0. The van der Waals surface area contributed by atoms with Gasteiger partial charge in [-0.25, -0.2) is 0 Å². The molecule has 1 heterocycles. The third-order valence-corrected chi connectivity index (χ3v) is 3.99. The van der Waals surface area contributed by atoms with Gasteiger partial charge in [-0.15, -0.1) is 0 Å². The van der Waals surface area contributed by atoms with Gasteiger partial charge in [-0.05, 0) is 63.3 Å². The molecule has 7 heteroatoms. The van der Waals surface area contributed by atoms with Crippen LogP contribution in [0.4, 0.5) is 0 Å². The molecule has 1 aromatic heterocycles. The van der Waals surface area contributed by atoms with Gasteiger partial charge in [0, 0.05) is 17.2 Å². The standard InChI is InChI=1S/C18H18Cl2N2O2S/c1-18(2,3)22-17(25)21-15(23)10-8-11-7-9-14(24-11)12-5-4-6-13(19)16(12)20/h4-10H,1-3H3,(H2,21,22,23,25). The van der Waals surface area contributed by atoms with E-state index >= 15 is 0 Å². The second kappa shape index (κ2) is 8.04. The fraction of sp³-hybridized carbons (Fsp3) is 0.222. The van der Waals surface area contributed by atoms with Crippen molar-refractivity contribution in [1.82, 2.24) is 10.6 Å². The maximum absolute atomic E-state index is 11.9. The van der Waals surface area contributed by atoms with E-state index in [0.717, 1.165) is 0 Å². The van der Waals surface area contributed by atoms with Crippen LogP contribution in [-0.4, -0.2) is 16.6 Å². The van der Waals surface area contributed by atoms with Crippen LogP contribution in [-0.2, 0) is 4.79 Å². The van der Waals surface area contributed by atoms with E-state index in [2.05, 4.69) is 10.6 Å². The van der Waals surface area contributed by atoms with Crippen molar-refractivity contribution in [2.75, 3.05) is 0 Å². The fourth-order valence-electron chi connectivity index (χ4n) is 1.96. The second-order valence-electron chi connectivity index (χ2n) is 6.33. The summed E-state index contributed by atoms with van der Waals surface area (Å²) in [6, 6.07) is 8.81. The van der Waals surface area contributed by atoms with E-state index < -0.39 is 0 Å². The molecule has 2 N–H and O–H groups in total. The highest BCUT2D eigenvalue weighted by Gasteiger charge is 2.12. The Hall–Kier alpha value is -1.82. The number of benzene rings is 1. The minimum atomic E-state index is -0.347. The van der Waals surface area contributed by atoms with Crippen molar-refractivity contribution in [3.05, 3.63) is 52.2 Å². The minimum absolute atomic E-state index is 0.222. The minimum Gasteiger partial charge on any atom is -0.457 e. The Morgan fingerprint density at radius 1 is 1.20 bits per heavy atom. The van der Waals surface area contributed by atoms with Gasteiger partial charge < -0.3 is 9.73 Å². The molecular weight excluding hydrogens is 379 g/mol. The quantitative estimate of drug-likeness (QED) is 0.562. The van der Waals surface area contributed by atoms with Crippen LogP contribution in [0.25, 0.3) is 17.4 Å². The molecule has 0 saturated heterocycles. The van der Waals surface area contributed by atoms with Crippen LogP contribution in [0.2, 0.25) is 10.0 Å². The van der Waals surface area contributed by atoms with Crippen molar-refractivity contribution in [1.29, 1.82) is 0 Å². The molecule has 132 valence electrons. The lowest BCUT2D eigenvalue weighted by atomic mass is 10.1. The average Bonchev–Trinajstić information content (AvgIpc) is 2.94. The van der Waals surface area contributed by atoms with E-state index in [4.69, 9.17) is 39.8 Å². The van der Waals surface area contributed by atoms with Crippen LogP contribution in [0.1, 0.15) is 26.5 Å². The van der Waals surface area contributed by atoms with Crippen LogP contribution in [0, 0.1) is 0 Å². The third kappa shape index (κ3) is 5.88. The van der Waals surface area contributed by atoms with E-state index in [1.165, 1.54) is 6.08 Å². The molecule has 0 fully saturated rings. The van der Waals surface area contributed by atoms with Crippen molar-refractivity contribution in [2.24, 2.45) is 0 Å². The number of hydrogen-bond acceptors (Lipinski definition) is 3. The van der Waals surface area contributed by atoms with Gasteiger partial charge in [-0.3, -0.25) is 10.1 Å². The zero-order valence-electron chi connectivity index (χ0n) is 14.0. The van der Waals surface area contributed by atoms with E-state index in [9.17, 15) is 4.79 Å². The summed E-state index contributed by atoms with van der Waals surface area (Å²) in [6.45, 7) is 5.85. The number of amides is 1. The Kier molecular flexibility index (Phi) is 6.27. The predicted molar refractivity (Wildman–Crippen MR) is 107 cm³/mol. The summed E-state index contributed by atoms with van der Waals surface area (Å²) in [5, 5.41) is 6.72. The van der Waals surface area contributed by atoms with Gasteiger partial charge in [0.1, 0.15) is 11.5 Å². The molecule has 0 unspecified atom stereocenters. The van der Waals surface area contributed by atoms with Crippen LogP contribution in [0.15, 0.2) is 40.8 Å². The van der Waals surface area contributed by atoms with Crippen molar-refractivity contribution < 1.29 is 9.21 Å². The highest BCUT2D eigenvalue weighted by molar-refractivity contribution is 7.80. The van der Waals surface area contributed by atoms with Gasteiger partial charge in [0.25, 0.3) is 0 Å². The van der Waals surface area contributed by atoms with Crippen LogP contribution >= 0.6 is 35.4 Å². The lowest BCUT2D eigenvalue weighted by molar-refractivity contribution is -0.115. The van der Waals surface area contributed by atoms with Gasteiger partial charge >= 0.3 is 0 Å². The number of halogens is 2. The molecule has 0 spiro atoms. The van der Waals surface area contributed by atoms with Gasteiger partial charge in [0.05, 0.1) is 10.0 Å². The Labute approximate surface area is 162 Å². The average molecular weight is 397 g/mol. The molecule has 0 radical (unpaired) electrons. The predicted octanol–water partition coefficient (Wildman–Crippen LogP) is 5.06. The van der Waals surface area contributed by atoms with Gasteiger partial charge in [0.2, 0.25) is 5.91 Å². The highest BCUT2D eigenvalue weighted by atomic mass is 35.5. The Morgan fingerprint density at radius 2 is 1.92 bits per heavy atom. The first-order valence-electron chi connectivity index (χ1n) is 7.51. The number of nitrogens with one attached hydrogen (secondary N) is 2. The molecule has 1 amide bonds. The SMILES string of the molecule is CC(C)(C)NC(=S)NC(=O)C=Cc1ccc(-c2cccc(Cl)c2Cl)o1. The van der Waals surface area contributed by atoms with Crippen LogP contribution in [0.3, 0.4) is 0 Å². The first kappa shape index (κ1) is 19.5. The zero-order chi connectivity index (χ0) is 18.6. The van der Waals surface area contributed by atoms with Crippen molar-refractivity contribution >= 4 is 52.5 Å². The van der Waals surface area contributed by atoms with E-state index in [1.54, 1.807) is 30.3 Å². The fourth-order valence-corrected chi connectivity index (χ4v) is 2.76. The molecule has 0 aliphatic rings. The molecule has 4 nitrogen and oxygen atoms in total. The summed E-state index contributed by atoms with van der Waals surface area (Å²) in [5.74, 6) is 0.730. The molecule has 0 bridgehead atoms. The summed E-state index contributed by atoms with van der Waals surface area (Å²) >= 11 is 17.3. The first-order chi connectivity index (χ1) is 11.7. The molecule has 0 saturated carbocycles. The molecule has 0 atom stereocenters. The molecule has 1 aromatic carbocycles. The smallest absolute Gasteiger partial charge is 0.250 e. The Balaban J connectivity index is 2.03. The number of hydrogen-bond donors (Lipinski definition) is 2.